The van der Waals surface area contributed by atoms with Crippen LogP contribution in [0.15, 0.2) is 18.5 Å². The first-order valence-electron chi connectivity index (χ1n) is 6.38. The van der Waals surface area contributed by atoms with Crippen molar-refractivity contribution >= 4 is 17.2 Å². The third-order valence-electron chi connectivity index (χ3n) is 3.29. The van der Waals surface area contributed by atoms with E-state index >= 15 is 0 Å². The average molecular weight is 299 g/mol. The van der Waals surface area contributed by atoms with Crippen LogP contribution in [-0.4, -0.2) is 33.1 Å². The number of carbonyl (C=O) groups excluding carboxylic acids is 1. The van der Waals surface area contributed by atoms with E-state index in [4.69, 9.17) is 0 Å². The van der Waals surface area contributed by atoms with Crippen LogP contribution in [0.25, 0.3) is 5.52 Å². The summed E-state index contributed by atoms with van der Waals surface area (Å²) in [5, 5.41) is 9.25. The van der Waals surface area contributed by atoms with Gasteiger partial charge in [-0.1, -0.05) is 0 Å². The van der Waals surface area contributed by atoms with Crippen molar-refractivity contribution in [2.75, 3.05) is 11.9 Å². The van der Waals surface area contributed by atoms with Gasteiger partial charge < -0.3 is 10.6 Å². The minimum absolute atomic E-state index is 0.0251. The van der Waals surface area contributed by atoms with E-state index in [9.17, 15) is 18.0 Å². The Morgan fingerprint density at radius 3 is 2.90 bits per heavy atom. The Bertz CT molecular complexity index is 671. The van der Waals surface area contributed by atoms with Gasteiger partial charge in [-0.25, -0.2) is 9.50 Å². The zero-order valence-electron chi connectivity index (χ0n) is 10.8. The van der Waals surface area contributed by atoms with E-state index < -0.39 is 11.9 Å². The Kier molecular flexibility index (Phi) is 3.19. The van der Waals surface area contributed by atoms with Gasteiger partial charge in [0, 0.05) is 37.5 Å². The van der Waals surface area contributed by atoms with Crippen molar-refractivity contribution < 1.29 is 18.0 Å². The van der Waals surface area contributed by atoms with Crippen molar-refractivity contribution in [3.8, 4) is 0 Å². The van der Waals surface area contributed by atoms with E-state index in [1.165, 1.54) is 12.4 Å². The first-order valence-corrected chi connectivity index (χ1v) is 6.38. The Morgan fingerprint density at radius 1 is 1.43 bits per heavy atom. The fourth-order valence-electron chi connectivity index (χ4n) is 2.22. The molecule has 1 unspecified atom stereocenters. The molecule has 1 aliphatic heterocycles. The predicted octanol–water partition coefficient (Wildman–Crippen LogP) is 1.44. The summed E-state index contributed by atoms with van der Waals surface area (Å²) in [4.78, 5) is 15.2. The summed E-state index contributed by atoms with van der Waals surface area (Å²) in [7, 11) is 0. The van der Waals surface area contributed by atoms with Crippen LogP contribution in [0.3, 0.4) is 0 Å². The van der Waals surface area contributed by atoms with Gasteiger partial charge in [0.05, 0.1) is 0 Å². The highest BCUT2D eigenvalue weighted by Gasteiger charge is 2.34. The molecule has 3 heterocycles. The van der Waals surface area contributed by atoms with Gasteiger partial charge in [-0.15, -0.1) is 0 Å². The molecule has 6 nitrogen and oxygen atoms in total. The lowest BCUT2D eigenvalue weighted by atomic mass is 10.1. The van der Waals surface area contributed by atoms with E-state index in [0.29, 0.717) is 25.2 Å². The van der Waals surface area contributed by atoms with Gasteiger partial charge >= 0.3 is 6.18 Å². The quantitative estimate of drug-likeness (QED) is 0.880. The predicted molar refractivity (Wildman–Crippen MR) is 67.6 cm³/mol. The summed E-state index contributed by atoms with van der Waals surface area (Å²) in [6, 6.07) is 0.891. The molecule has 3 rings (SSSR count). The standard InChI is InChI=1S/C12H12F3N5O/c13-12(14,15)9-5-8-11(16-3-4-20(8)19-9)18-7-1-2-10(21)17-6-7/h3-5,7H,1-2,6H2,(H,16,18)(H,17,21). The second-order valence-corrected chi connectivity index (χ2v) is 4.82. The zero-order chi connectivity index (χ0) is 15.0. The topological polar surface area (TPSA) is 71.3 Å². The molecule has 21 heavy (non-hydrogen) atoms. The molecule has 0 aliphatic carbocycles. The third-order valence-corrected chi connectivity index (χ3v) is 3.29. The van der Waals surface area contributed by atoms with Crippen LogP contribution in [0.4, 0.5) is 19.0 Å². The maximum Gasteiger partial charge on any atom is 0.435 e. The summed E-state index contributed by atoms with van der Waals surface area (Å²) in [6.07, 6.45) is -0.771. The van der Waals surface area contributed by atoms with Crippen LogP contribution in [0, 0.1) is 0 Å². The maximum absolute atomic E-state index is 12.7. The fourth-order valence-corrected chi connectivity index (χ4v) is 2.22. The highest BCUT2D eigenvalue weighted by molar-refractivity contribution is 5.77. The molecule has 0 saturated carbocycles. The summed E-state index contributed by atoms with van der Waals surface area (Å²) < 4.78 is 39.2. The van der Waals surface area contributed by atoms with Crippen molar-refractivity contribution in [3.05, 3.63) is 24.2 Å². The minimum Gasteiger partial charge on any atom is -0.364 e. The van der Waals surface area contributed by atoms with Crippen LogP contribution >= 0.6 is 0 Å². The first kappa shape index (κ1) is 13.7. The molecule has 1 saturated heterocycles. The molecule has 2 aromatic rings. The van der Waals surface area contributed by atoms with E-state index in [2.05, 4.69) is 20.7 Å². The van der Waals surface area contributed by atoms with E-state index in [-0.39, 0.29) is 17.5 Å². The van der Waals surface area contributed by atoms with Crippen molar-refractivity contribution in [2.24, 2.45) is 0 Å². The SMILES string of the molecule is O=C1CCC(Nc2nccn3nc(C(F)(F)F)cc23)CN1. The van der Waals surface area contributed by atoms with Crippen LogP contribution < -0.4 is 10.6 Å². The highest BCUT2D eigenvalue weighted by atomic mass is 19.4. The Balaban J connectivity index is 1.88. The largest absolute Gasteiger partial charge is 0.435 e. The maximum atomic E-state index is 12.7. The molecule has 2 N–H and O–H groups in total. The summed E-state index contributed by atoms with van der Waals surface area (Å²) in [5.74, 6) is 0.296. The van der Waals surface area contributed by atoms with Crippen LogP contribution in [0.2, 0.25) is 0 Å². The molecule has 0 aromatic carbocycles. The molecule has 112 valence electrons. The van der Waals surface area contributed by atoms with Gasteiger partial charge in [0.25, 0.3) is 0 Å². The number of alkyl halides is 3. The second kappa shape index (κ2) is 4.90. The third kappa shape index (κ3) is 2.76. The van der Waals surface area contributed by atoms with Crippen LogP contribution in [0.5, 0.6) is 0 Å². The van der Waals surface area contributed by atoms with Crippen LogP contribution in [-0.2, 0) is 11.0 Å². The number of anilines is 1. The molecule has 2 aromatic heterocycles. The van der Waals surface area contributed by atoms with Gasteiger partial charge in [-0.05, 0) is 6.42 Å². The number of hydrogen-bond acceptors (Lipinski definition) is 4. The number of nitrogens with zero attached hydrogens (tertiary/aromatic N) is 3. The normalized spacial score (nSPS) is 19.6. The smallest absolute Gasteiger partial charge is 0.364 e. The van der Waals surface area contributed by atoms with Crippen molar-refractivity contribution in [1.82, 2.24) is 19.9 Å². The first-order chi connectivity index (χ1) is 9.93. The number of halogens is 3. The van der Waals surface area contributed by atoms with Gasteiger partial charge in [0.1, 0.15) is 5.52 Å². The Morgan fingerprint density at radius 2 is 2.24 bits per heavy atom. The molecule has 0 spiro atoms. The van der Waals surface area contributed by atoms with Crippen molar-refractivity contribution in [2.45, 2.75) is 25.1 Å². The van der Waals surface area contributed by atoms with Crippen molar-refractivity contribution in [3.63, 3.8) is 0 Å². The number of aromatic nitrogens is 3. The molecular formula is C12H12F3N5O. The van der Waals surface area contributed by atoms with E-state index in [1.807, 2.05) is 0 Å². The molecule has 0 bridgehead atoms. The lowest BCUT2D eigenvalue weighted by Gasteiger charge is -2.24. The number of fused-ring (bicyclic) bond motifs is 1. The lowest BCUT2D eigenvalue weighted by molar-refractivity contribution is -0.141. The molecule has 9 heteroatoms. The number of carbonyl (C=O) groups is 1. The second-order valence-electron chi connectivity index (χ2n) is 4.82. The number of amides is 1. The molecule has 1 atom stereocenters. The summed E-state index contributed by atoms with van der Waals surface area (Å²) in [6.45, 7) is 0.418. The fraction of sp³-hybridized carbons (Fsp3) is 0.417. The zero-order valence-corrected chi connectivity index (χ0v) is 10.8. The highest BCUT2D eigenvalue weighted by Crippen LogP contribution is 2.30. The van der Waals surface area contributed by atoms with Gasteiger partial charge in [-0.2, -0.15) is 18.3 Å². The van der Waals surface area contributed by atoms with Gasteiger partial charge in [0.2, 0.25) is 5.91 Å². The van der Waals surface area contributed by atoms with E-state index in [0.717, 1.165) is 10.6 Å². The van der Waals surface area contributed by atoms with Crippen LogP contribution in [0.1, 0.15) is 18.5 Å². The summed E-state index contributed by atoms with van der Waals surface area (Å²) in [5.41, 5.74) is -0.711. The van der Waals surface area contributed by atoms with Gasteiger partial charge in [0.15, 0.2) is 11.5 Å². The molecule has 0 radical (unpaired) electrons. The number of piperidine rings is 1. The van der Waals surface area contributed by atoms with Gasteiger partial charge in [-0.3, -0.25) is 4.79 Å². The monoisotopic (exact) mass is 299 g/mol. The Hall–Kier alpha value is -2.32. The van der Waals surface area contributed by atoms with E-state index in [1.54, 1.807) is 0 Å². The Labute approximate surface area is 117 Å². The molecule has 1 amide bonds. The minimum atomic E-state index is -4.50. The number of hydrogen-bond donors (Lipinski definition) is 2. The van der Waals surface area contributed by atoms with Crippen molar-refractivity contribution in [1.29, 1.82) is 0 Å². The molecule has 1 fully saturated rings. The lowest BCUT2D eigenvalue weighted by Crippen LogP contribution is -2.42. The molecule has 1 aliphatic rings. The number of rotatable bonds is 2. The summed E-state index contributed by atoms with van der Waals surface area (Å²) >= 11 is 0. The molecular weight excluding hydrogens is 287 g/mol. The number of nitrogens with one attached hydrogen (secondary N) is 2. The average Bonchev–Trinajstić information content (AvgIpc) is 2.86.